The van der Waals surface area contributed by atoms with E-state index in [-0.39, 0.29) is 30.2 Å². The summed E-state index contributed by atoms with van der Waals surface area (Å²) in [5.74, 6) is 0.841. The highest BCUT2D eigenvalue weighted by atomic mass is 35.5. The van der Waals surface area contributed by atoms with Crippen LogP contribution in [0.2, 0.25) is 0 Å². The van der Waals surface area contributed by atoms with Crippen LogP contribution in [0.5, 0.6) is 0 Å². The zero-order chi connectivity index (χ0) is 16.2. The summed E-state index contributed by atoms with van der Waals surface area (Å²) in [4.78, 5) is 20.7. The summed E-state index contributed by atoms with van der Waals surface area (Å²) in [7, 11) is 0. The molecule has 1 fully saturated rings. The number of amides is 1. The van der Waals surface area contributed by atoms with E-state index in [0.717, 1.165) is 32.5 Å². The second-order valence-corrected chi connectivity index (χ2v) is 6.30. The minimum atomic E-state index is -0.330. The number of nitrogens with zero attached hydrogens (tertiary/aromatic N) is 5. The fourth-order valence-electron chi connectivity index (χ4n) is 2.75. The second-order valence-electron chi connectivity index (χ2n) is 6.30. The number of carbonyl (C=O) groups excluding carboxylic acids is 1. The first-order valence-electron chi connectivity index (χ1n) is 8.08. The van der Waals surface area contributed by atoms with Crippen LogP contribution in [0, 0.1) is 5.92 Å². The van der Waals surface area contributed by atoms with Gasteiger partial charge in [-0.3, -0.25) is 10.1 Å². The SMILES string of the molecule is CC(C)Cn1ccnc1NC(=O)c1ncn(C2CCCNC2)n1.Cl. The Hall–Kier alpha value is -1.93. The lowest BCUT2D eigenvalue weighted by atomic mass is 10.1. The molecule has 1 aliphatic heterocycles. The molecule has 1 saturated heterocycles. The monoisotopic (exact) mass is 353 g/mol. The summed E-state index contributed by atoms with van der Waals surface area (Å²) >= 11 is 0. The highest BCUT2D eigenvalue weighted by molar-refractivity contribution is 6.00. The standard InChI is InChI=1S/C15H23N7O.ClH/c1-11(2)9-21-7-6-17-15(21)19-14(23)13-18-10-22(20-13)12-4-3-5-16-8-12;/h6-7,10-12,16H,3-5,8-9H2,1-2H3,(H,17,19,23);1H. The van der Waals surface area contributed by atoms with Gasteiger partial charge >= 0.3 is 0 Å². The number of halogens is 1. The number of piperidine rings is 1. The molecule has 9 heteroatoms. The van der Waals surface area contributed by atoms with Gasteiger partial charge in [-0.1, -0.05) is 13.8 Å². The Morgan fingerprint density at radius 2 is 2.29 bits per heavy atom. The van der Waals surface area contributed by atoms with Crippen molar-refractivity contribution in [2.75, 3.05) is 18.4 Å². The van der Waals surface area contributed by atoms with E-state index in [0.29, 0.717) is 11.9 Å². The first-order valence-corrected chi connectivity index (χ1v) is 8.08. The zero-order valence-corrected chi connectivity index (χ0v) is 14.8. The predicted molar refractivity (Wildman–Crippen MR) is 93.4 cm³/mol. The lowest BCUT2D eigenvalue weighted by Crippen LogP contribution is -2.32. The summed E-state index contributed by atoms with van der Waals surface area (Å²) in [6.45, 7) is 6.94. The number of hydrogen-bond donors (Lipinski definition) is 2. The van der Waals surface area contributed by atoms with Gasteiger partial charge in [0.25, 0.3) is 5.91 Å². The number of anilines is 1. The summed E-state index contributed by atoms with van der Waals surface area (Å²) in [6, 6.07) is 0.265. The van der Waals surface area contributed by atoms with Crippen LogP contribution in [0.15, 0.2) is 18.7 Å². The highest BCUT2D eigenvalue weighted by Crippen LogP contribution is 2.15. The molecule has 8 nitrogen and oxygen atoms in total. The van der Waals surface area contributed by atoms with Crippen LogP contribution in [0.1, 0.15) is 43.3 Å². The Morgan fingerprint density at radius 1 is 1.46 bits per heavy atom. The maximum Gasteiger partial charge on any atom is 0.297 e. The third-order valence-corrected chi connectivity index (χ3v) is 3.86. The fraction of sp³-hybridized carbons (Fsp3) is 0.600. The molecule has 0 spiro atoms. The van der Waals surface area contributed by atoms with Gasteiger partial charge in [0.15, 0.2) is 0 Å². The normalized spacial score (nSPS) is 17.5. The molecule has 0 bridgehead atoms. The molecule has 0 saturated carbocycles. The summed E-state index contributed by atoms with van der Waals surface area (Å²) < 4.78 is 3.70. The number of imidazole rings is 1. The molecule has 132 valence electrons. The molecule has 0 aliphatic carbocycles. The molecular weight excluding hydrogens is 330 g/mol. The summed E-state index contributed by atoms with van der Waals surface area (Å²) in [5.41, 5.74) is 0. The van der Waals surface area contributed by atoms with Crippen molar-refractivity contribution in [3.05, 3.63) is 24.5 Å². The second kappa shape index (κ2) is 8.25. The average molecular weight is 354 g/mol. The predicted octanol–water partition coefficient (Wildman–Crippen LogP) is 1.73. The van der Waals surface area contributed by atoms with E-state index in [9.17, 15) is 4.79 Å². The molecule has 1 unspecified atom stereocenters. The van der Waals surface area contributed by atoms with Gasteiger partial charge in [0, 0.05) is 25.5 Å². The maximum atomic E-state index is 12.3. The van der Waals surface area contributed by atoms with E-state index in [4.69, 9.17) is 0 Å². The van der Waals surface area contributed by atoms with Crippen LogP contribution in [0.3, 0.4) is 0 Å². The van der Waals surface area contributed by atoms with Crippen molar-refractivity contribution in [2.24, 2.45) is 5.92 Å². The van der Waals surface area contributed by atoms with Crippen LogP contribution in [-0.2, 0) is 6.54 Å². The molecule has 3 rings (SSSR count). The molecule has 3 heterocycles. The molecule has 2 aromatic rings. The smallest absolute Gasteiger partial charge is 0.297 e. The van der Waals surface area contributed by atoms with Crippen molar-refractivity contribution in [1.29, 1.82) is 0 Å². The van der Waals surface area contributed by atoms with E-state index in [1.165, 1.54) is 0 Å². The molecule has 1 aliphatic rings. The lowest BCUT2D eigenvalue weighted by molar-refractivity contribution is 0.101. The van der Waals surface area contributed by atoms with Gasteiger partial charge in [-0.25, -0.2) is 14.6 Å². The Morgan fingerprint density at radius 3 is 3.00 bits per heavy atom. The Balaban J connectivity index is 0.00000208. The number of rotatable bonds is 5. The highest BCUT2D eigenvalue weighted by Gasteiger charge is 2.19. The maximum absolute atomic E-state index is 12.3. The van der Waals surface area contributed by atoms with Crippen LogP contribution in [-0.4, -0.2) is 43.3 Å². The van der Waals surface area contributed by atoms with Gasteiger partial charge in [-0.15, -0.1) is 17.5 Å². The first-order chi connectivity index (χ1) is 11.1. The molecule has 0 aromatic carbocycles. The first kappa shape index (κ1) is 18.4. The van der Waals surface area contributed by atoms with Crippen molar-refractivity contribution >= 4 is 24.3 Å². The molecule has 1 atom stereocenters. The van der Waals surface area contributed by atoms with Crippen LogP contribution in [0.4, 0.5) is 5.95 Å². The van der Waals surface area contributed by atoms with Crippen molar-refractivity contribution in [2.45, 2.75) is 39.3 Å². The van der Waals surface area contributed by atoms with Crippen molar-refractivity contribution < 1.29 is 4.79 Å². The molecular formula is C15H24ClN7O. The van der Waals surface area contributed by atoms with E-state index >= 15 is 0 Å². The van der Waals surface area contributed by atoms with E-state index < -0.39 is 0 Å². The Kier molecular flexibility index (Phi) is 6.33. The molecule has 24 heavy (non-hydrogen) atoms. The van der Waals surface area contributed by atoms with E-state index in [2.05, 4.69) is 39.5 Å². The minimum Gasteiger partial charge on any atom is -0.317 e. The van der Waals surface area contributed by atoms with Gasteiger partial charge < -0.3 is 9.88 Å². The van der Waals surface area contributed by atoms with Gasteiger partial charge in [-0.05, 0) is 25.3 Å². The Bertz CT molecular complexity index is 660. The van der Waals surface area contributed by atoms with Crippen molar-refractivity contribution in [1.82, 2.24) is 29.6 Å². The van der Waals surface area contributed by atoms with Crippen LogP contribution < -0.4 is 10.6 Å². The van der Waals surface area contributed by atoms with Gasteiger partial charge in [-0.2, -0.15) is 0 Å². The van der Waals surface area contributed by atoms with Gasteiger partial charge in [0.1, 0.15) is 6.33 Å². The van der Waals surface area contributed by atoms with Gasteiger partial charge in [0.05, 0.1) is 6.04 Å². The summed E-state index contributed by atoms with van der Waals surface area (Å²) in [6.07, 6.45) is 7.33. The van der Waals surface area contributed by atoms with Crippen molar-refractivity contribution in [3.8, 4) is 0 Å². The van der Waals surface area contributed by atoms with Gasteiger partial charge in [0.2, 0.25) is 11.8 Å². The molecule has 0 radical (unpaired) electrons. The zero-order valence-electron chi connectivity index (χ0n) is 14.0. The number of carbonyl (C=O) groups is 1. The van der Waals surface area contributed by atoms with Crippen LogP contribution >= 0.6 is 12.4 Å². The average Bonchev–Trinajstić information content (AvgIpc) is 3.18. The number of hydrogen-bond acceptors (Lipinski definition) is 5. The molecule has 2 N–H and O–H groups in total. The molecule has 1 amide bonds. The lowest BCUT2D eigenvalue weighted by Gasteiger charge is -2.22. The number of aromatic nitrogens is 5. The van der Waals surface area contributed by atoms with Crippen molar-refractivity contribution in [3.63, 3.8) is 0 Å². The number of nitrogens with one attached hydrogen (secondary N) is 2. The largest absolute Gasteiger partial charge is 0.317 e. The topological polar surface area (TPSA) is 89.7 Å². The third kappa shape index (κ3) is 4.33. The molecule has 2 aromatic heterocycles. The fourth-order valence-corrected chi connectivity index (χ4v) is 2.75. The quantitative estimate of drug-likeness (QED) is 0.854. The third-order valence-electron chi connectivity index (χ3n) is 3.86. The van der Waals surface area contributed by atoms with E-state index in [1.54, 1.807) is 17.2 Å². The summed E-state index contributed by atoms with van der Waals surface area (Å²) in [5, 5.41) is 10.4. The minimum absolute atomic E-state index is 0. The van der Waals surface area contributed by atoms with Crippen LogP contribution in [0.25, 0.3) is 0 Å². The van der Waals surface area contributed by atoms with E-state index in [1.807, 2.05) is 10.8 Å². The Labute approximate surface area is 147 Å².